The number of hydrogen-bond donors (Lipinski definition) is 1. The van der Waals surface area contributed by atoms with Crippen molar-refractivity contribution in [3.8, 4) is 11.5 Å². The van der Waals surface area contributed by atoms with Gasteiger partial charge in [0.25, 0.3) is 5.91 Å². The maximum absolute atomic E-state index is 12.3. The van der Waals surface area contributed by atoms with Crippen LogP contribution in [0.25, 0.3) is 0 Å². The summed E-state index contributed by atoms with van der Waals surface area (Å²) in [5.41, 5.74) is 1.02. The van der Waals surface area contributed by atoms with E-state index in [1.807, 2.05) is 0 Å². The predicted molar refractivity (Wildman–Crippen MR) is 93.2 cm³/mol. The molecule has 126 valence electrons. The highest BCUT2D eigenvalue weighted by Gasteiger charge is 2.18. The molecule has 0 fully saturated rings. The van der Waals surface area contributed by atoms with Crippen molar-refractivity contribution in [3.05, 3.63) is 53.1 Å². The molecule has 0 radical (unpaired) electrons. The van der Waals surface area contributed by atoms with Gasteiger partial charge in [0, 0.05) is 5.56 Å². The molecule has 0 spiro atoms. The van der Waals surface area contributed by atoms with Crippen molar-refractivity contribution in [2.24, 2.45) is 0 Å². The van der Waals surface area contributed by atoms with Gasteiger partial charge in [-0.25, -0.2) is 0 Å². The molecule has 5 nitrogen and oxygen atoms in total. The van der Waals surface area contributed by atoms with Crippen LogP contribution in [-0.2, 0) is 4.79 Å². The third-order valence-corrected chi connectivity index (χ3v) is 3.70. The van der Waals surface area contributed by atoms with E-state index >= 15 is 0 Å². The van der Waals surface area contributed by atoms with Crippen LogP contribution in [0.5, 0.6) is 11.5 Å². The van der Waals surface area contributed by atoms with Gasteiger partial charge in [0.2, 0.25) is 0 Å². The van der Waals surface area contributed by atoms with Crippen molar-refractivity contribution in [3.63, 3.8) is 0 Å². The molecule has 0 aliphatic rings. The van der Waals surface area contributed by atoms with Crippen LogP contribution in [0.2, 0.25) is 5.02 Å². The number of carbonyl (C=O) groups excluding carboxylic acids is 2. The topological polar surface area (TPSA) is 64.6 Å². The third-order valence-electron chi connectivity index (χ3n) is 3.37. The van der Waals surface area contributed by atoms with E-state index in [0.717, 1.165) is 0 Å². The fourth-order valence-electron chi connectivity index (χ4n) is 2.02. The SMILES string of the molecule is COc1cc(C(C)=O)ccc1O[C@H](C)C(=O)Nc1ccccc1Cl. The highest BCUT2D eigenvalue weighted by molar-refractivity contribution is 6.33. The van der Waals surface area contributed by atoms with E-state index in [1.54, 1.807) is 49.4 Å². The van der Waals surface area contributed by atoms with Gasteiger partial charge in [-0.15, -0.1) is 0 Å². The number of methoxy groups -OCH3 is 1. The van der Waals surface area contributed by atoms with Gasteiger partial charge in [-0.3, -0.25) is 9.59 Å². The number of halogens is 1. The molecular weight excluding hydrogens is 330 g/mol. The maximum atomic E-state index is 12.3. The molecule has 0 saturated carbocycles. The number of anilines is 1. The van der Waals surface area contributed by atoms with E-state index in [4.69, 9.17) is 21.1 Å². The normalized spacial score (nSPS) is 11.5. The molecular formula is C18H18ClNO4. The first-order valence-corrected chi connectivity index (χ1v) is 7.71. The second-order valence-corrected chi connectivity index (χ2v) is 5.56. The number of ether oxygens (including phenoxy) is 2. The standard InChI is InChI=1S/C18H18ClNO4/c1-11(21)13-8-9-16(17(10-13)23-3)24-12(2)18(22)20-15-7-5-4-6-14(15)19/h4-10,12H,1-3H3,(H,20,22)/t12-/m1/s1. The number of benzene rings is 2. The molecule has 6 heteroatoms. The van der Waals surface area contributed by atoms with Gasteiger partial charge in [-0.05, 0) is 44.2 Å². The molecule has 2 aromatic carbocycles. The van der Waals surface area contributed by atoms with Crippen molar-refractivity contribution >= 4 is 29.0 Å². The molecule has 1 N–H and O–H groups in total. The van der Waals surface area contributed by atoms with Crippen molar-refractivity contribution < 1.29 is 19.1 Å². The van der Waals surface area contributed by atoms with Gasteiger partial charge < -0.3 is 14.8 Å². The van der Waals surface area contributed by atoms with E-state index in [9.17, 15) is 9.59 Å². The first-order chi connectivity index (χ1) is 11.4. The molecule has 0 aromatic heterocycles. The summed E-state index contributed by atoms with van der Waals surface area (Å²) in [5.74, 6) is 0.342. The monoisotopic (exact) mass is 347 g/mol. The quantitative estimate of drug-likeness (QED) is 0.803. The highest BCUT2D eigenvalue weighted by atomic mass is 35.5. The average Bonchev–Trinajstić information content (AvgIpc) is 2.56. The second-order valence-electron chi connectivity index (χ2n) is 5.15. The number of amides is 1. The number of para-hydroxylation sites is 1. The summed E-state index contributed by atoms with van der Waals surface area (Å²) < 4.78 is 10.9. The molecule has 0 aliphatic carbocycles. The van der Waals surface area contributed by atoms with Gasteiger partial charge >= 0.3 is 0 Å². The number of hydrogen-bond acceptors (Lipinski definition) is 4. The molecule has 24 heavy (non-hydrogen) atoms. The lowest BCUT2D eigenvalue weighted by Gasteiger charge is -2.17. The lowest BCUT2D eigenvalue weighted by Crippen LogP contribution is -2.30. The minimum absolute atomic E-state index is 0.0793. The van der Waals surface area contributed by atoms with Crippen LogP contribution < -0.4 is 14.8 Å². The summed E-state index contributed by atoms with van der Waals surface area (Å²) >= 11 is 6.02. The zero-order valence-corrected chi connectivity index (χ0v) is 14.4. The molecule has 2 aromatic rings. The van der Waals surface area contributed by atoms with Crippen LogP contribution in [0.3, 0.4) is 0 Å². The third kappa shape index (κ3) is 4.26. The predicted octanol–water partition coefficient (Wildman–Crippen LogP) is 3.96. The Kier molecular flexibility index (Phi) is 5.82. The minimum atomic E-state index is -0.779. The largest absolute Gasteiger partial charge is 0.493 e. The molecule has 1 amide bonds. The molecule has 2 rings (SSSR count). The molecule has 0 bridgehead atoms. The Bertz CT molecular complexity index is 760. The zero-order chi connectivity index (χ0) is 17.7. The van der Waals surface area contributed by atoms with Crippen LogP contribution in [0.15, 0.2) is 42.5 Å². The van der Waals surface area contributed by atoms with Crippen molar-refractivity contribution in [2.45, 2.75) is 20.0 Å². The highest BCUT2D eigenvalue weighted by Crippen LogP contribution is 2.29. The Hall–Kier alpha value is -2.53. The zero-order valence-electron chi connectivity index (χ0n) is 13.6. The Morgan fingerprint density at radius 2 is 1.83 bits per heavy atom. The van der Waals surface area contributed by atoms with Crippen molar-refractivity contribution in [1.82, 2.24) is 0 Å². The lowest BCUT2D eigenvalue weighted by atomic mass is 10.1. The van der Waals surface area contributed by atoms with Crippen LogP contribution in [-0.4, -0.2) is 24.9 Å². The van der Waals surface area contributed by atoms with Crippen LogP contribution in [0.4, 0.5) is 5.69 Å². The van der Waals surface area contributed by atoms with E-state index < -0.39 is 6.10 Å². The van der Waals surface area contributed by atoms with Crippen LogP contribution in [0.1, 0.15) is 24.2 Å². The van der Waals surface area contributed by atoms with Gasteiger partial charge in [0.05, 0.1) is 17.8 Å². The van der Waals surface area contributed by atoms with E-state index in [0.29, 0.717) is 27.8 Å². The Labute approximate surface area is 145 Å². The summed E-state index contributed by atoms with van der Waals surface area (Å²) in [6.45, 7) is 3.08. The van der Waals surface area contributed by atoms with Crippen molar-refractivity contribution in [2.75, 3.05) is 12.4 Å². The first kappa shape index (κ1) is 17.8. The average molecular weight is 348 g/mol. The Morgan fingerprint density at radius 1 is 1.12 bits per heavy atom. The lowest BCUT2D eigenvalue weighted by molar-refractivity contribution is -0.122. The van der Waals surface area contributed by atoms with E-state index in [2.05, 4.69) is 5.32 Å². The molecule has 0 unspecified atom stereocenters. The first-order valence-electron chi connectivity index (χ1n) is 7.33. The molecule has 0 heterocycles. The fraction of sp³-hybridized carbons (Fsp3) is 0.222. The van der Waals surface area contributed by atoms with Gasteiger partial charge in [-0.2, -0.15) is 0 Å². The summed E-state index contributed by atoms with van der Waals surface area (Å²) in [6, 6.07) is 11.8. The smallest absolute Gasteiger partial charge is 0.265 e. The maximum Gasteiger partial charge on any atom is 0.265 e. The fourth-order valence-corrected chi connectivity index (χ4v) is 2.21. The van der Waals surface area contributed by atoms with Gasteiger partial charge in [0.15, 0.2) is 23.4 Å². The second kappa shape index (κ2) is 7.84. The van der Waals surface area contributed by atoms with E-state index in [1.165, 1.54) is 14.0 Å². The van der Waals surface area contributed by atoms with Gasteiger partial charge in [0.1, 0.15) is 0 Å². The van der Waals surface area contributed by atoms with Crippen LogP contribution in [0, 0.1) is 0 Å². The summed E-state index contributed by atoms with van der Waals surface area (Å²) in [4.78, 5) is 23.7. The summed E-state index contributed by atoms with van der Waals surface area (Å²) in [6.07, 6.45) is -0.779. The summed E-state index contributed by atoms with van der Waals surface area (Å²) in [7, 11) is 1.47. The Balaban J connectivity index is 2.11. The number of carbonyl (C=O) groups is 2. The molecule has 0 aliphatic heterocycles. The molecule has 0 saturated heterocycles. The minimum Gasteiger partial charge on any atom is -0.493 e. The van der Waals surface area contributed by atoms with Gasteiger partial charge in [-0.1, -0.05) is 23.7 Å². The molecule has 1 atom stereocenters. The van der Waals surface area contributed by atoms with Crippen molar-refractivity contribution in [1.29, 1.82) is 0 Å². The number of nitrogens with one attached hydrogen (secondary N) is 1. The number of Topliss-reactive ketones (excluding diaryl/α,β-unsaturated/α-hetero) is 1. The van der Waals surface area contributed by atoms with Crippen LogP contribution >= 0.6 is 11.6 Å². The Morgan fingerprint density at radius 3 is 2.46 bits per heavy atom. The summed E-state index contributed by atoms with van der Waals surface area (Å²) in [5, 5.41) is 3.15. The number of rotatable bonds is 6. The van der Waals surface area contributed by atoms with E-state index in [-0.39, 0.29) is 11.7 Å². The number of ketones is 1.